The standard InChI is InChI=1S/C16H9BrO/c17-12-5-6-13-14-7-10-3-1-2-4-11(10)8-15(14)18-16(13)9-12/h1-9H/i1D,2D,3D,4D,7D,8D. The lowest BCUT2D eigenvalue weighted by atomic mass is 10.1. The Bertz CT molecular complexity index is 1180. The molecule has 0 N–H and O–H groups in total. The lowest BCUT2D eigenvalue weighted by Crippen LogP contribution is -1.72. The van der Waals surface area contributed by atoms with E-state index < -0.39 is 12.1 Å². The Morgan fingerprint density at radius 1 is 0.944 bits per heavy atom. The number of halogens is 1. The number of rotatable bonds is 0. The zero-order chi connectivity index (χ0) is 17.3. The molecule has 0 spiro atoms. The molecule has 1 heterocycles. The third kappa shape index (κ3) is 1.39. The Kier molecular flexibility index (Phi) is 1.18. The summed E-state index contributed by atoms with van der Waals surface area (Å²) in [5, 5.41) is 1.08. The first-order valence-corrected chi connectivity index (χ1v) is 6.13. The Morgan fingerprint density at radius 2 is 1.72 bits per heavy atom. The van der Waals surface area contributed by atoms with E-state index in [2.05, 4.69) is 15.9 Å². The van der Waals surface area contributed by atoms with Crippen LogP contribution in [-0.4, -0.2) is 0 Å². The number of hydrogen-bond donors (Lipinski definition) is 0. The van der Waals surface area contributed by atoms with Gasteiger partial charge in [-0.2, -0.15) is 0 Å². The Hall–Kier alpha value is -1.80. The van der Waals surface area contributed by atoms with E-state index >= 15 is 0 Å². The number of furan rings is 1. The van der Waals surface area contributed by atoms with Gasteiger partial charge in [0, 0.05) is 15.2 Å². The van der Waals surface area contributed by atoms with E-state index in [0.717, 1.165) is 4.47 Å². The van der Waals surface area contributed by atoms with Crippen molar-refractivity contribution >= 4 is 48.6 Å². The van der Waals surface area contributed by atoms with E-state index in [1.54, 1.807) is 18.2 Å². The first kappa shape index (κ1) is 5.89. The third-order valence-corrected chi connectivity index (χ3v) is 3.32. The van der Waals surface area contributed by atoms with Gasteiger partial charge in [-0.3, -0.25) is 0 Å². The molecular weight excluding hydrogens is 288 g/mol. The molecule has 0 saturated heterocycles. The van der Waals surface area contributed by atoms with Crippen LogP contribution < -0.4 is 0 Å². The maximum Gasteiger partial charge on any atom is 0.136 e. The molecule has 0 bridgehead atoms. The Morgan fingerprint density at radius 3 is 2.56 bits per heavy atom. The van der Waals surface area contributed by atoms with Crippen molar-refractivity contribution in [2.45, 2.75) is 0 Å². The van der Waals surface area contributed by atoms with Gasteiger partial charge in [0.1, 0.15) is 11.2 Å². The zero-order valence-electron chi connectivity index (χ0n) is 15.0. The number of hydrogen-bond acceptors (Lipinski definition) is 1. The fraction of sp³-hybridized carbons (Fsp3) is 0. The van der Waals surface area contributed by atoms with Gasteiger partial charge in [0.05, 0.1) is 8.22 Å². The van der Waals surface area contributed by atoms with Crippen LogP contribution in [0.25, 0.3) is 32.7 Å². The van der Waals surface area contributed by atoms with E-state index in [1.807, 2.05) is 0 Å². The predicted molar refractivity (Wildman–Crippen MR) is 78.9 cm³/mol. The minimum atomic E-state index is -0.418. The summed E-state index contributed by atoms with van der Waals surface area (Å²) in [7, 11) is 0. The summed E-state index contributed by atoms with van der Waals surface area (Å²) >= 11 is 3.35. The van der Waals surface area contributed by atoms with Gasteiger partial charge in [-0.15, -0.1) is 0 Å². The average Bonchev–Trinajstić information content (AvgIpc) is 2.93. The molecule has 0 atom stereocenters. The van der Waals surface area contributed by atoms with E-state index in [0.29, 0.717) is 16.4 Å². The van der Waals surface area contributed by atoms with Crippen molar-refractivity contribution in [3.05, 3.63) is 58.9 Å². The van der Waals surface area contributed by atoms with Gasteiger partial charge in [-0.05, 0) is 41.1 Å². The summed E-state index contributed by atoms with van der Waals surface area (Å²) in [6.45, 7) is 0. The van der Waals surface area contributed by atoms with Crippen LogP contribution in [-0.2, 0) is 0 Å². The molecule has 4 aromatic rings. The first-order chi connectivity index (χ1) is 11.3. The SMILES string of the molecule is [2H]c1c([2H])c([2H])c2c([2H])c3c(oc4cc(Br)ccc43)c([2H])c2c1[2H]. The average molecular weight is 303 g/mol. The Balaban J connectivity index is 2.38. The van der Waals surface area contributed by atoms with Crippen molar-refractivity contribution in [2.24, 2.45) is 0 Å². The van der Waals surface area contributed by atoms with Crippen molar-refractivity contribution in [2.75, 3.05) is 0 Å². The second-order valence-corrected chi connectivity index (χ2v) is 4.86. The summed E-state index contributed by atoms with van der Waals surface area (Å²) < 4.78 is 55.2. The molecular formula is C16H9BrO. The molecule has 0 aliphatic heterocycles. The molecule has 0 aliphatic carbocycles. The molecule has 0 aliphatic rings. The topological polar surface area (TPSA) is 13.1 Å². The smallest absolute Gasteiger partial charge is 0.136 e. The molecule has 86 valence electrons. The lowest BCUT2D eigenvalue weighted by molar-refractivity contribution is 0.669. The molecule has 18 heavy (non-hydrogen) atoms. The zero-order valence-corrected chi connectivity index (χ0v) is 10.6. The van der Waals surface area contributed by atoms with Gasteiger partial charge >= 0.3 is 0 Å². The van der Waals surface area contributed by atoms with Crippen molar-refractivity contribution in [1.82, 2.24) is 0 Å². The summed E-state index contributed by atoms with van der Waals surface area (Å²) in [5.41, 5.74) is 0.651. The molecule has 0 unspecified atom stereocenters. The minimum absolute atomic E-state index is 0.0108. The maximum atomic E-state index is 8.48. The maximum absolute atomic E-state index is 8.48. The van der Waals surface area contributed by atoms with Gasteiger partial charge in [-0.25, -0.2) is 0 Å². The highest BCUT2D eigenvalue weighted by molar-refractivity contribution is 9.10. The van der Waals surface area contributed by atoms with Gasteiger partial charge in [0.2, 0.25) is 0 Å². The Labute approximate surface area is 121 Å². The molecule has 2 heteroatoms. The molecule has 0 saturated carbocycles. The van der Waals surface area contributed by atoms with Crippen LogP contribution in [0.15, 0.2) is 63.3 Å². The quantitative estimate of drug-likeness (QED) is 0.418. The third-order valence-electron chi connectivity index (χ3n) is 2.83. The predicted octanol–water partition coefficient (Wildman–Crippen LogP) is 5.50. The van der Waals surface area contributed by atoms with Crippen LogP contribution >= 0.6 is 15.9 Å². The van der Waals surface area contributed by atoms with Crippen LogP contribution in [0.2, 0.25) is 0 Å². The lowest BCUT2D eigenvalue weighted by Gasteiger charge is -1.96. The van der Waals surface area contributed by atoms with E-state index in [9.17, 15) is 0 Å². The van der Waals surface area contributed by atoms with Crippen LogP contribution in [0.3, 0.4) is 0 Å². The van der Waals surface area contributed by atoms with Gasteiger partial charge in [0.15, 0.2) is 0 Å². The molecule has 0 amide bonds. The second kappa shape index (κ2) is 3.59. The highest BCUT2D eigenvalue weighted by Gasteiger charge is 2.08. The molecule has 3 aromatic carbocycles. The summed E-state index contributed by atoms with van der Waals surface area (Å²) in [6.07, 6.45) is 0. The monoisotopic (exact) mass is 302 g/mol. The summed E-state index contributed by atoms with van der Waals surface area (Å²) in [4.78, 5) is 0. The summed E-state index contributed by atoms with van der Waals surface area (Å²) in [5.74, 6) is 0. The fourth-order valence-electron chi connectivity index (χ4n) is 2.02. The van der Waals surface area contributed by atoms with Crippen LogP contribution in [0.1, 0.15) is 8.22 Å². The van der Waals surface area contributed by atoms with Crippen molar-refractivity contribution in [3.63, 3.8) is 0 Å². The summed E-state index contributed by atoms with van der Waals surface area (Å²) in [6, 6.07) is 3.65. The van der Waals surface area contributed by atoms with Gasteiger partial charge in [0.25, 0.3) is 0 Å². The molecule has 1 aromatic heterocycles. The minimum Gasteiger partial charge on any atom is -0.456 e. The molecule has 0 fully saturated rings. The van der Waals surface area contributed by atoms with Crippen molar-refractivity contribution < 1.29 is 12.6 Å². The normalized spacial score (nSPS) is 16.3. The van der Waals surface area contributed by atoms with E-state index in [-0.39, 0.29) is 40.5 Å². The van der Waals surface area contributed by atoms with Gasteiger partial charge in [-0.1, -0.05) is 40.1 Å². The van der Waals surface area contributed by atoms with Crippen LogP contribution in [0.4, 0.5) is 0 Å². The van der Waals surface area contributed by atoms with Crippen LogP contribution in [0.5, 0.6) is 0 Å². The van der Waals surface area contributed by atoms with Crippen LogP contribution in [0, 0.1) is 0 Å². The highest BCUT2D eigenvalue weighted by atomic mass is 79.9. The highest BCUT2D eigenvalue weighted by Crippen LogP contribution is 2.33. The number of benzene rings is 3. The van der Waals surface area contributed by atoms with Gasteiger partial charge < -0.3 is 4.42 Å². The molecule has 4 rings (SSSR count). The fourth-order valence-corrected chi connectivity index (χ4v) is 2.36. The largest absolute Gasteiger partial charge is 0.456 e. The van der Waals surface area contributed by atoms with Crippen molar-refractivity contribution in [1.29, 1.82) is 0 Å². The molecule has 1 nitrogen and oxygen atoms in total. The second-order valence-electron chi connectivity index (χ2n) is 3.95. The number of fused-ring (bicyclic) bond motifs is 4. The van der Waals surface area contributed by atoms with Crippen molar-refractivity contribution in [3.8, 4) is 0 Å². The first-order valence-electron chi connectivity index (χ1n) is 8.34. The van der Waals surface area contributed by atoms with E-state index in [1.165, 1.54) is 0 Å². The molecule has 0 radical (unpaired) electrons. The van der Waals surface area contributed by atoms with E-state index in [4.69, 9.17) is 12.6 Å².